The van der Waals surface area contributed by atoms with Crippen LogP contribution in [0.3, 0.4) is 0 Å². The molecule has 1 atom stereocenters. The Morgan fingerprint density at radius 3 is 2.31 bits per heavy atom. The highest BCUT2D eigenvalue weighted by atomic mass is 15.1. The molecule has 0 saturated carbocycles. The Morgan fingerprint density at radius 2 is 1.88 bits per heavy atom. The van der Waals surface area contributed by atoms with Gasteiger partial charge in [0.25, 0.3) is 0 Å². The van der Waals surface area contributed by atoms with Gasteiger partial charge >= 0.3 is 0 Å². The van der Waals surface area contributed by atoms with Crippen molar-refractivity contribution >= 4 is 0 Å². The molecule has 0 aromatic rings. The number of nitrogens with zero attached hydrogens (tertiary/aromatic N) is 1. The maximum absolute atomic E-state index is 4.07. The van der Waals surface area contributed by atoms with E-state index in [4.69, 9.17) is 0 Å². The molecule has 1 unspecified atom stereocenters. The smallest absolute Gasteiger partial charge is 0.00136 e. The summed E-state index contributed by atoms with van der Waals surface area (Å²) in [5.74, 6) is 0.654. The largest absolute Gasteiger partial charge is 0.319 e. The zero-order valence-electron chi connectivity index (χ0n) is 11.7. The second-order valence-corrected chi connectivity index (χ2v) is 4.62. The third-order valence-electron chi connectivity index (χ3n) is 3.32. The predicted molar refractivity (Wildman–Crippen MR) is 73.9 cm³/mol. The summed E-state index contributed by atoms with van der Waals surface area (Å²) in [5.41, 5.74) is 1.32. The molecular weight excluding hydrogens is 196 g/mol. The Morgan fingerprint density at radius 1 is 1.25 bits per heavy atom. The molecule has 0 aromatic heterocycles. The van der Waals surface area contributed by atoms with E-state index in [1.807, 2.05) is 7.05 Å². The molecule has 0 radical (unpaired) electrons. The number of unbranched alkanes of at least 4 members (excludes halogenated alkanes) is 1. The highest BCUT2D eigenvalue weighted by molar-refractivity contribution is 4.96. The molecule has 2 heteroatoms. The Labute approximate surface area is 102 Å². The molecule has 0 saturated heterocycles. The molecule has 16 heavy (non-hydrogen) atoms. The van der Waals surface area contributed by atoms with Crippen molar-refractivity contribution in [1.82, 2.24) is 10.2 Å². The van der Waals surface area contributed by atoms with Crippen LogP contribution in [0.2, 0.25) is 0 Å². The number of nitrogens with one attached hydrogen (secondary N) is 1. The van der Waals surface area contributed by atoms with Crippen molar-refractivity contribution in [2.24, 2.45) is 5.92 Å². The van der Waals surface area contributed by atoms with E-state index in [-0.39, 0.29) is 0 Å². The molecule has 0 bridgehead atoms. The molecule has 0 aliphatic heterocycles. The van der Waals surface area contributed by atoms with Crippen molar-refractivity contribution in [2.45, 2.75) is 40.0 Å². The maximum atomic E-state index is 4.07. The fraction of sp³-hybridized carbons (Fsp3) is 0.857. The molecule has 2 nitrogen and oxygen atoms in total. The van der Waals surface area contributed by atoms with E-state index in [2.05, 4.69) is 37.6 Å². The van der Waals surface area contributed by atoms with E-state index >= 15 is 0 Å². The topological polar surface area (TPSA) is 15.3 Å². The van der Waals surface area contributed by atoms with Gasteiger partial charge in [0.2, 0.25) is 0 Å². The Kier molecular flexibility index (Phi) is 9.65. The molecule has 0 heterocycles. The van der Waals surface area contributed by atoms with Crippen LogP contribution in [0, 0.1) is 5.92 Å². The minimum Gasteiger partial charge on any atom is -0.319 e. The molecule has 1 N–H and O–H groups in total. The molecule has 0 amide bonds. The molecule has 0 aliphatic carbocycles. The minimum atomic E-state index is 0.654. The lowest BCUT2D eigenvalue weighted by Gasteiger charge is -2.19. The van der Waals surface area contributed by atoms with Crippen molar-refractivity contribution in [1.29, 1.82) is 0 Å². The molecule has 0 aromatic carbocycles. The summed E-state index contributed by atoms with van der Waals surface area (Å²) in [7, 11) is 2.02. The van der Waals surface area contributed by atoms with Crippen LogP contribution in [0.25, 0.3) is 0 Å². The van der Waals surface area contributed by atoms with Crippen LogP contribution in [0.4, 0.5) is 0 Å². The third kappa shape index (κ3) is 7.02. The monoisotopic (exact) mass is 226 g/mol. The van der Waals surface area contributed by atoms with Gasteiger partial charge < -0.3 is 10.2 Å². The first-order valence-electron chi connectivity index (χ1n) is 6.68. The summed E-state index contributed by atoms with van der Waals surface area (Å²) in [6.07, 6.45) is 3.91. The lowest BCUT2D eigenvalue weighted by Crippen LogP contribution is -2.24. The highest BCUT2D eigenvalue weighted by Crippen LogP contribution is 2.15. The average molecular weight is 226 g/mol. The second-order valence-electron chi connectivity index (χ2n) is 4.62. The van der Waals surface area contributed by atoms with E-state index < -0.39 is 0 Å². The van der Waals surface area contributed by atoms with Crippen LogP contribution in [0.1, 0.15) is 40.0 Å². The first-order chi connectivity index (χ1) is 7.65. The van der Waals surface area contributed by atoms with Crippen molar-refractivity contribution < 1.29 is 0 Å². The van der Waals surface area contributed by atoms with Crippen LogP contribution in [-0.2, 0) is 0 Å². The Bertz CT molecular complexity index is 174. The maximum Gasteiger partial charge on any atom is 0.00136 e. The SMILES string of the molecule is C=C(C)C(CCCCN(CC)CC)CNC. The summed E-state index contributed by atoms with van der Waals surface area (Å²) in [6, 6.07) is 0. The number of rotatable bonds is 10. The zero-order chi connectivity index (χ0) is 12.4. The van der Waals surface area contributed by atoms with E-state index in [0.29, 0.717) is 5.92 Å². The van der Waals surface area contributed by atoms with Crippen LogP contribution in [0.5, 0.6) is 0 Å². The van der Waals surface area contributed by atoms with Gasteiger partial charge in [-0.15, -0.1) is 0 Å². The van der Waals surface area contributed by atoms with Crippen molar-refractivity contribution in [3.8, 4) is 0 Å². The van der Waals surface area contributed by atoms with Crippen LogP contribution < -0.4 is 5.32 Å². The van der Waals surface area contributed by atoms with Gasteiger partial charge in [0, 0.05) is 6.54 Å². The Balaban J connectivity index is 3.65. The third-order valence-corrected chi connectivity index (χ3v) is 3.32. The van der Waals surface area contributed by atoms with Gasteiger partial charge in [-0.05, 0) is 52.4 Å². The molecule has 0 spiro atoms. The zero-order valence-corrected chi connectivity index (χ0v) is 11.7. The van der Waals surface area contributed by atoms with Crippen LogP contribution in [-0.4, -0.2) is 38.1 Å². The standard InChI is InChI=1S/C14H30N2/c1-6-16(7-2)11-9-8-10-14(12-15-5)13(3)4/h14-15H,3,6-12H2,1-2,4-5H3. The number of hydrogen-bond acceptors (Lipinski definition) is 2. The van der Waals surface area contributed by atoms with E-state index in [1.165, 1.54) is 44.5 Å². The molecule has 0 fully saturated rings. The Hall–Kier alpha value is -0.340. The molecular formula is C14H30N2. The fourth-order valence-electron chi connectivity index (χ4n) is 2.04. The van der Waals surface area contributed by atoms with Gasteiger partial charge in [-0.2, -0.15) is 0 Å². The first kappa shape index (κ1) is 15.7. The van der Waals surface area contributed by atoms with Crippen molar-refractivity contribution in [2.75, 3.05) is 33.2 Å². The number of hydrogen-bond donors (Lipinski definition) is 1. The fourth-order valence-corrected chi connectivity index (χ4v) is 2.04. The van der Waals surface area contributed by atoms with E-state index in [0.717, 1.165) is 6.54 Å². The van der Waals surface area contributed by atoms with Crippen molar-refractivity contribution in [3.63, 3.8) is 0 Å². The quantitative estimate of drug-likeness (QED) is 0.455. The second kappa shape index (κ2) is 9.86. The molecule has 96 valence electrons. The van der Waals surface area contributed by atoms with Gasteiger partial charge in [0.05, 0.1) is 0 Å². The summed E-state index contributed by atoms with van der Waals surface area (Å²) in [6.45, 7) is 15.4. The molecule has 0 aliphatic rings. The molecule has 0 rings (SSSR count). The van der Waals surface area contributed by atoms with Crippen LogP contribution in [0.15, 0.2) is 12.2 Å². The summed E-state index contributed by atoms with van der Waals surface area (Å²) in [4.78, 5) is 2.49. The van der Waals surface area contributed by atoms with Gasteiger partial charge in [-0.25, -0.2) is 0 Å². The van der Waals surface area contributed by atoms with Gasteiger partial charge in [-0.3, -0.25) is 0 Å². The lowest BCUT2D eigenvalue weighted by atomic mass is 9.95. The normalized spacial score (nSPS) is 13.1. The first-order valence-corrected chi connectivity index (χ1v) is 6.68. The summed E-state index contributed by atoms with van der Waals surface area (Å²) >= 11 is 0. The van der Waals surface area contributed by atoms with E-state index in [9.17, 15) is 0 Å². The van der Waals surface area contributed by atoms with Gasteiger partial charge in [-0.1, -0.05) is 32.4 Å². The lowest BCUT2D eigenvalue weighted by molar-refractivity contribution is 0.293. The summed E-state index contributed by atoms with van der Waals surface area (Å²) in [5, 5.41) is 3.25. The highest BCUT2D eigenvalue weighted by Gasteiger charge is 2.08. The van der Waals surface area contributed by atoms with Crippen LogP contribution >= 0.6 is 0 Å². The minimum absolute atomic E-state index is 0.654. The summed E-state index contributed by atoms with van der Waals surface area (Å²) < 4.78 is 0. The van der Waals surface area contributed by atoms with Gasteiger partial charge in [0.15, 0.2) is 0 Å². The average Bonchev–Trinajstić information content (AvgIpc) is 2.27. The van der Waals surface area contributed by atoms with Gasteiger partial charge in [0.1, 0.15) is 0 Å². The van der Waals surface area contributed by atoms with E-state index in [1.54, 1.807) is 0 Å². The predicted octanol–water partition coefficient (Wildman–Crippen LogP) is 2.91. The van der Waals surface area contributed by atoms with Crippen molar-refractivity contribution in [3.05, 3.63) is 12.2 Å².